The first kappa shape index (κ1) is 21.4. The molecular formula is C22H23ClN4O3. The third-order valence-electron chi connectivity index (χ3n) is 4.74. The number of H-pyrrole nitrogens is 1. The summed E-state index contributed by atoms with van der Waals surface area (Å²) in [5.74, 6) is -0.455. The number of hydrogen-bond donors (Lipinski definition) is 2. The summed E-state index contributed by atoms with van der Waals surface area (Å²) < 4.78 is 1.30. The Morgan fingerprint density at radius 2 is 1.77 bits per heavy atom. The Balaban J connectivity index is 2.14. The van der Waals surface area contributed by atoms with E-state index in [2.05, 4.69) is 4.98 Å². The molecule has 0 saturated heterocycles. The molecule has 0 unspecified atom stereocenters. The molecule has 8 heteroatoms. The zero-order valence-corrected chi connectivity index (χ0v) is 17.4. The number of carbonyl (C=O) groups is 1. The molecule has 1 heterocycles. The van der Waals surface area contributed by atoms with Crippen molar-refractivity contribution in [3.8, 4) is 0 Å². The number of hydrogen-bond acceptors (Lipinski definition) is 4. The average Bonchev–Trinajstić information content (AvgIpc) is 2.73. The number of nitrogen functional groups attached to an aromatic ring is 1. The highest BCUT2D eigenvalue weighted by molar-refractivity contribution is 6.30. The molecule has 2 aromatic carbocycles. The third kappa shape index (κ3) is 4.63. The fraction of sp³-hybridized carbons (Fsp3) is 0.227. The summed E-state index contributed by atoms with van der Waals surface area (Å²) in [5, 5.41) is 0.492. The number of anilines is 2. The SMILES string of the molecule is CCCCn1c(N)c(N(Cc2ccccc2)C(=O)c2ccc(Cl)cc2)c(=O)[nH]c1=O. The van der Waals surface area contributed by atoms with E-state index in [-0.39, 0.29) is 18.1 Å². The van der Waals surface area contributed by atoms with Crippen molar-refractivity contribution in [1.29, 1.82) is 0 Å². The highest BCUT2D eigenvalue weighted by Crippen LogP contribution is 2.23. The Kier molecular flexibility index (Phi) is 6.74. The monoisotopic (exact) mass is 426 g/mol. The molecule has 3 N–H and O–H groups in total. The fourth-order valence-corrected chi connectivity index (χ4v) is 3.27. The van der Waals surface area contributed by atoms with Gasteiger partial charge in [0.15, 0.2) is 5.69 Å². The number of unbranched alkanes of at least 4 members (excludes halogenated alkanes) is 1. The lowest BCUT2D eigenvalue weighted by atomic mass is 10.1. The molecule has 1 aromatic heterocycles. The van der Waals surface area contributed by atoms with E-state index in [0.717, 1.165) is 12.0 Å². The van der Waals surface area contributed by atoms with Gasteiger partial charge >= 0.3 is 5.69 Å². The van der Waals surface area contributed by atoms with Crippen LogP contribution in [-0.2, 0) is 13.1 Å². The Labute approximate surface area is 178 Å². The normalized spacial score (nSPS) is 10.7. The number of aromatic amines is 1. The van der Waals surface area contributed by atoms with Crippen LogP contribution in [0.5, 0.6) is 0 Å². The quantitative estimate of drug-likeness (QED) is 0.604. The number of benzene rings is 2. The molecule has 7 nitrogen and oxygen atoms in total. The largest absolute Gasteiger partial charge is 0.383 e. The second-order valence-corrected chi connectivity index (χ2v) is 7.32. The number of nitrogens with one attached hydrogen (secondary N) is 1. The predicted molar refractivity (Wildman–Crippen MR) is 119 cm³/mol. The highest BCUT2D eigenvalue weighted by atomic mass is 35.5. The lowest BCUT2D eigenvalue weighted by Gasteiger charge is -2.25. The topological polar surface area (TPSA) is 101 Å². The molecule has 156 valence electrons. The van der Waals surface area contributed by atoms with E-state index in [9.17, 15) is 14.4 Å². The lowest BCUT2D eigenvalue weighted by molar-refractivity contribution is 0.0984. The van der Waals surface area contributed by atoms with Gasteiger partial charge < -0.3 is 5.73 Å². The number of rotatable bonds is 7. The molecule has 0 spiro atoms. The maximum absolute atomic E-state index is 13.4. The minimum atomic E-state index is -0.705. The van der Waals surface area contributed by atoms with Gasteiger partial charge in [0.25, 0.3) is 11.5 Å². The van der Waals surface area contributed by atoms with Gasteiger partial charge in [-0.1, -0.05) is 55.3 Å². The molecule has 30 heavy (non-hydrogen) atoms. The lowest BCUT2D eigenvalue weighted by Crippen LogP contribution is -2.41. The summed E-state index contributed by atoms with van der Waals surface area (Å²) in [4.78, 5) is 42.0. The van der Waals surface area contributed by atoms with E-state index >= 15 is 0 Å². The van der Waals surface area contributed by atoms with E-state index < -0.39 is 17.2 Å². The number of amides is 1. The van der Waals surface area contributed by atoms with Gasteiger partial charge in [0.2, 0.25) is 0 Å². The zero-order chi connectivity index (χ0) is 21.7. The van der Waals surface area contributed by atoms with Crippen LogP contribution in [-0.4, -0.2) is 15.5 Å². The van der Waals surface area contributed by atoms with Crippen LogP contribution in [0.3, 0.4) is 0 Å². The molecule has 0 aliphatic rings. The van der Waals surface area contributed by atoms with Gasteiger partial charge in [-0.05, 0) is 36.2 Å². The molecule has 0 atom stereocenters. The second-order valence-electron chi connectivity index (χ2n) is 6.88. The molecular weight excluding hydrogens is 404 g/mol. The van der Waals surface area contributed by atoms with Crippen LogP contribution >= 0.6 is 11.6 Å². The standard InChI is InChI=1S/C22H23ClN4O3/c1-2-3-13-26-19(24)18(20(28)25-22(26)30)27(14-15-7-5-4-6-8-15)21(29)16-9-11-17(23)12-10-16/h4-12H,2-3,13-14,24H2,1H3,(H,25,28,30). The fourth-order valence-electron chi connectivity index (χ4n) is 3.14. The van der Waals surface area contributed by atoms with E-state index in [1.165, 1.54) is 9.47 Å². The number of carbonyl (C=O) groups excluding carboxylic acids is 1. The van der Waals surface area contributed by atoms with Crippen molar-refractivity contribution >= 4 is 29.0 Å². The van der Waals surface area contributed by atoms with Crippen LogP contribution in [0.2, 0.25) is 5.02 Å². The van der Waals surface area contributed by atoms with Crippen LogP contribution in [0.25, 0.3) is 0 Å². The van der Waals surface area contributed by atoms with Crippen molar-refractivity contribution in [2.45, 2.75) is 32.9 Å². The highest BCUT2D eigenvalue weighted by Gasteiger charge is 2.25. The first-order valence-electron chi connectivity index (χ1n) is 9.66. The van der Waals surface area contributed by atoms with Crippen molar-refractivity contribution in [1.82, 2.24) is 9.55 Å². The molecule has 1 amide bonds. The maximum Gasteiger partial charge on any atom is 0.330 e. The molecule has 0 fully saturated rings. The molecule has 3 aromatic rings. The van der Waals surface area contributed by atoms with Crippen molar-refractivity contribution in [3.63, 3.8) is 0 Å². The van der Waals surface area contributed by atoms with Gasteiger partial charge in [0.1, 0.15) is 5.82 Å². The summed E-state index contributed by atoms with van der Waals surface area (Å²) in [7, 11) is 0. The van der Waals surface area contributed by atoms with E-state index in [1.54, 1.807) is 24.3 Å². The van der Waals surface area contributed by atoms with Crippen molar-refractivity contribution in [2.75, 3.05) is 10.6 Å². The summed E-state index contributed by atoms with van der Waals surface area (Å²) in [6, 6.07) is 15.6. The number of nitrogens with two attached hydrogens (primary N) is 1. The summed E-state index contributed by atoms with van der Waals surface area (Å²) >= 11 is 5.94. The second kappa shape index (κ2) is 9.45. The van der Waals surface area contributed by atoms with Gasteiger partial charge in [0.05, 0.1) is 6.54 Å². The third-order valence-corrected chi connectivity index (χ3v) is 4.99. The Morgan fingerprint density at radius 3 is 2.40 bits per heavy atom. The van der Waals surface area contributed by atoms with Crippen molar-refractivity contribution in [2.24, 2.45) is 0 Å². The van der Waals surface area contributed by atoms with E-state index in [4.69, 9.17) is 17.3 Å². The smallest absolute Gasteiger partial charge is 0.330 e. The van der Waals surface area contributed by atoms with E-state index in [0.29, 0.717) is 23.6 Å². The summed E-state index contributed by atoms with van der Waals surface area (Å²) in [6.45, 7) is 2.44. The molecule has 0 saturated carbocycles. The van der Waals surface area contributed by atoms with Gasteiger partial charge in [0, 0.05) is 17.1 Å². The predicted octanol–water partition coefficient (Wildman–Crippen LogP) is 3.42. The van der Waals surface area contributed by atoms with Crippen LogP contribution < -0.4 is 21.9 Å². The summed E-state index contributed by atoms with van der Waals surface area (Å²) in [5.41, 5.74) is 6.06. The molecule has 3 rings (SSSR count). The molecule has 0 aliphatic heterocycles. The van der Waals surface area contributed by atoms with Crippen LogP contribution in [0.4, 0.5) is 11.5 Å². The van der Waals surface area contributed by atoms with Gasteiger partial charge in [-0.3, -0.25) is 24.0 Å². The number of aromatic nitrogens is 2. The zero-order valence-electron chi connectivity index (χ0n) is 16.6. The van der Waals surface area contributed by atoms with Gasteiger partial charge in [-0.15, -0.1) is 0 Å². The first-order valence-corrected chi connectivity index (χ1v) is 10.0. The first-order chi connectivity index (χ1) is 14.4. The van der Waals surface area contributed by atoms with Gasteiger partial charge in [-0.2, -0.15) is 0 Å². The number of nitrogens with zero attached hydrogens (tertiary/aromatic N) is 2. The molecule has 0 aliphatic carbocycles. The van der Waals surface area contributed by atoms with Crippen molar-refractivity contribution < 1.29 is 4.79 Å². The van der Waals surface area contributed by atoms with Gasteiger partial charge in [-0.25, -0.2) is 4.79 Å². The van der Waals surface area contributed by atoms with Crippen LogP contribution in [0, 0.1) is 0 Å². The summed E-state index contributed by atoms with van der Waals surface area (Å²) in [6.07, 6.45) is 1.55. The Hall–Kier alpha value is -3.32. The van der Waals surface area contributed by atoms with Crippen LogP contribution in [0.1, 0.15) is 35.7 Å². The number of halogens is 1. The Morgan fingerprint density at radius 1 is 1.10 bits per heavy atom. The van der Waals surface area contributed by atoms with Crippen molar-refractivity contribution in [3.05, 3.63) is 91.6 Å². The van der Waals surface area contributed by atoms with E-state index in [1.807, 2.05) is 37.3 Å². The minimum Gasteiger partial charge on any atom is -0.383 e. The molecule has 0 radical (unpaired) electrons. The Bertz CT molecular complexity index is 1140. The van der Waals surface area contributed by atoms with Crippen LogP contribution in [0.15, 0.2) is 64.2 Å². The average molecular weight is 427 g/mol. The maximum atomic E-state index is 13.4. The molecule has 0 bridgehead atoms. The minimum absolute atomic E-state index is 0.0320.